The third kappa shape index (κ3) is 3.37. The summed E-state index contributed by atoms with van der Waals surface area (Å²) < 4.78 is 0. The zero-order valence-electron chi connectivity index (χ0n) is 12.0. The lowest BCUT2D eigenvalue weighted by molar-refractivity contribution is 0.0223. The van der Waals surface area contributed by atoms with Crippen LogP contribution in [0, 0.1) is 0 Å². The topological polar surface area (TPSA) is 61.6 Å². The largest absolute Gasteiger partial charge is 0.366 e. The fraction of sp³-hybridized carbons (Fsp3) is 0.533. The van der Waals surface area contributed by atoms with Crippen LogP contribution in [-0.2, 0) is 6.54 Å². The van der Waals surface area contributed by atoms with Crippen molar-refractivity contribution < 1.29 is 4.79 Å². The van der Waals surface area contributed by atoms with Crippen LogP contribution in [0.3, 0.4) is 0 Å². The number of amides is 1. The molecule has 5 nitrogen and oxygen atoms in total. The van der Waals surface area contributed by atoms with E-state index in [4.69, 9.17) is 17.3 Å². The number of nitrogens with one attached hydrogen (secondary N) is 1. The van der Waals surface area contributed by atoms with Crippen LogP contribution in [0.1, 0.15) is 15.9 Å². The van der Waals surface area contributed by atoms with Gasteiger partial charge in [-0.25, -0.2) is 0 Å². The molecule has 114 valence electrons. The van der Waals surface area contributed by atoms with Crippen LogP contribution in [0.15, 0.2) is 18.2 Å². The molecule has 0 saturated carbocycles. The second kappa shape index (κ2) is 6.32. The number of nitrogens with zero attached hydrogens (tertiary/aromatic N) is 2. The minimum Gasteiger partial charge on any atom is -0.366 e. The number of hydrogen-bond acceptors (Lipinski definition) is 4. The standard InChI is InChI=1S/C15H21ClN4O/c16-14-7-11(15(17)21)1-2-12(14)8-19-9-13(10-19)20-5-3-18-4-6-20/h1-2,7,13,18H,3-6,8-10H2,(H2,17,21). The monoisotopic (exact) mass is 308 g/mol. The Bertz CT molecular complexity index is 524. The van der Waals surface area contributed by atoms with Gasteiger partial charge in [0.05, 0.1) is 0 Å². The number of carbonyl (C=O) groups is 1. The van der Waals surface area contributed by atoms with Gasteiger partial charge in [0, 0.05) is 62.4 Å². The molecule has 21 heavy (non-hydrogen) atoms. The van der Waals surface area contributed by atoms with Crippen molar-refractivity contribution >= 4 is 17.5 Å². The summed E-state index contributed by atoms with van der Waals surface area (Å²) in [4.78, 5) is 16.1. The fourth-order valence-electron chi connectivity index (χ4n) is 3.02. The maximum atomic E-state index is 11.1. The van der Waals surface area contributed by atoms with Crippen LogP contribution in [0.4, 0.5) is 0 Å². The molecule has 3 N–H and O–H groups in total. The van der Waals surface area contributed by atoms with Crippen LogP contribution >= 0.6 is 11.6 Å². The lowest BCUT2D eigenvalue weighted by Gasteiger charge is -2.47. The highest BCUT2D eigenvalue weighted by Gasteiger charge is 2.32. The van der Waals surface area contributed by atoms with Gasteiger partial charge < -0.3 is 11.1 Å². The molecule has 0 spiro atoms. The van der Waals surface area contributed by atoms with E-state index in [1.807, 2.05) is 6.07 Å². The Balaban J connectivity index is 1.53. The summed E-state index contributed by atoms with van der Waals surface area (Å²) in [5.41, 5.74) is 6.77. The van der Waals surface area contributed by atoms with Gasteiger partial charge in [0.2, 0.25) is 5.91 Å². The van der Waals surface area contributed by atoms with E-state index < -0.39 is 5.91 Å². The first-order valence-corrected chi connectivity index (χ1v) is 7.76. The highest BCUT2D eigenvalue weighted by Crippen LogP contribution is 2.23. The number of hydrogen-bond donors (Lipinski definition) is 2. The molecular weight excluding hydrogens is 288 g/mol. The van der Waals surface area contributed by atoms with Crippen LogP contribution in [-0.4, -0.2) is 61.0 Å². The molecule has 2 saturated heterocycles. The number of halogens is 1. The average Bonchev–Trinajstić information content (AvgIpc) is 2.44. The zero-order chi connectivity index (χ0) is 14.8. The predicted octanol–water partition coefficient (Wildman–Crippen LogP) is 0.528. The van der Waals surface area contributed by atoms with Crippen LogP contribution in [0.2, 0.25) is 5.02 Å². The average molecular weight is 309 g/mol. The number of benzene rings is 1. The Labute approximate surface area is 130 Å². The van der Waals surface area contributed by atoms with Crippen molar-refractivity contribution in [1.29, 1.82) is 0 Å². The minimum absolute atomic E-state index is 0.439. The van der Waals surface area contributed by atoms with Crippen molar-refractivity contribution in [3.05, 3.63) is 34.3 Å². The van der Waals surface area contributed by atoms with E-state index in [1.54, 1.807) is 12.1 Å². The number of piperazine rings is 1. The van der Waals surface area contributed by atoms with Crippen molar-refractivity contribution in [2.45, 2.75) is 12.6 Å². The van der Waals surface area contributed by atoms with E-state index in [0.717, 1.165) is 51.4 Å². The Morgan fingerprint density at radius 2 is 2.05 bits per heavy atom. The second-order valence-corrected chi connectivity index (χ2v) is 6.21. The van der Waals surface area contributed by atoms with E-state index in [9.17, 15) is 4.79 Å². The van der Waals surface area contributed by atoms with E-state index in [1.165, 1.54) is 0 Å². The van der Waals surface area contributed by atoms with Crippen LogP contribution < -0.4 is 11.1 Å². The molecule has 0 unspecified atom stereocenters. The maximum Gasteiger partial charge on any atom is 0.248 e. The highest BCUT2D eigenvalue weighted by molar-refractivity contribution is 6.31. The van der Waals surface area contributed by atoms with Crippen molar-refractivity contribution in [2.24, 2.45) is 5.73 Å². The first kappa shape index (κ1) is 14.8. The molecule has 1 aromatic rings. The lowest BCUT2D eigenvalue weighted by Crippen LogP contribution is -2.62. The Hall–Kier alpha value is -1.14. The van der Waals surface area contributed by atoms with Gasteiger partial charge in [0.1, 0.15) is 0 Å². The molecule has 0 radical (unpaired) electrons. The van der Waals surface area contributed by atoms with Crippen molar-refractivity contribution in [3.63, 3.8) is 0 Å². The van der Waals surface area contributed by atoms with Gasteiger partial charge >= 0.3 is 0 Å². The van der Waals surface area contributed by atoms with Gasteiger partial charge in [-0.1, -0.05) is 17.7 Å². The van der Waals surface area contributed by atoms with Gasteiger partial charge in [0.15, 0.2) is 0 Å². The molecule has 0 atom stereocenters. The minimum atomic E-state index is -0.439. The van der Waals surface area contributed by atoms with Crippen LogP contribution in [0.5, 0.6) is 0 Å². The summed E-state index contributed by atoms with van der Waals surface area (Å²) in [5, 5.41) is 4.00. The zero-order valence-corrected chi connectivity index (χ0v) is 12.8. The summed E-state index contributed by atoms with van der Waals surface area (Å²) >= 11 is 6.23. The van der Waals surface area contributed by atoms with Crippen molar-refractivity contribution in [2.75, 3.05) is 39.3 Å². The first-order chi connectivity index (χ1) is 10.1. The van der Waals surface area contributed by atoms with Gasteiger partial charge in [-0.15, -0.1) is 0 Å². The van der Waals surface area contributed by atoms with Gasteiger partial charge in [-0.05, 0) is 17.7 Å². The summed E-state index contributed by atoms with van der Waals surface area (Å²) in [6.45, 7) is 7.50. The number of rotatable bonds is 4. The number of likely N-dealkylation sites (tertiary alicyclic amines) is 1. The molecule has 2 aliphatic heterocycles. The quantitative estimate of drug-likeness (QED) is 0.852. The molecule has 6 heteroatoms. The van der Waals surface area contributed by atoms with Gasteiger partial charge in [-0.2, -0.15) is 0 Å². The predicted molar refractivity (Wildman–Crippen MR) is 83.5 cm³/mol. The highest BCUT2D eigenvalue weighted by atomic mass is 35.5. The molecule has 2 heterocycles. The normalized spacial score (nSPS) is 21.2. The van der Waals surface area contributed by atoms with Crippen molar-refractivity contribution in [3.8, 4) is 0 Å². The summed E-state index contributed by atoms with van der Waals surface area (Å²) in [7, 11) is 0. The van der Waals surface area contributed by atoms with Gasteiger partial charge in [-0.3, -0.25) is 14.6 Å². The number of carbonyl (C=O) groups excluding carboxylic acids is 1. The summed E-state index contributed by atoms with van der Waals surface area (Å²) in [5.74, 6) is -0.439. The summed E-state index contributed by atoms with van der Waals surface area (Å²) in [6.07, 6.45) is 0. The smallest absolute Gasteiger partial charge is 0.248 e. The molecule has 3 rings (SSSR count). The Kier molecular flexibility index (Phi) is 4.45. The molecule has 0 bridgehead atoms. The molecule has 1 aromatic carbocycles. The Morgan fingerprint density at radius 1 is 1.33 bits per heavy atom. The van der Waals surface area contributed by atoms with Crippen molar-refractivity contribution in [1.82, 2.24) is 15.1 Å². The number of nitrogens with two attached hydrogens (primary N) is 1. The van der Waals surface area contributed by atoms with Gasteiger partial charge in [0.25, 0.3) is 0 Å². The maximum absolute atomic E-state index is 11.1. The molecule has 0 aromatic heterocycles. The third-order valence-electron chi connectivity index (χ3n) is 4.34. The molecule has 0 aliphatic carbocycles. The van der Waals surface area contributed by atoms with Crippen LogP contribution in [0.25, 0.3) is 0 Å². The second-order valence-electron chi connectivity index (χ2n) is 5.80. The first-order valence-electron chi connectivity index (χ1n) is 7.39. The third-order valence-corrected chi connectivity index (χ3v) is 4.69. The number of primary amides is 1. The Morgan fingerprint density at radius 3 is 2.67 bits per heavy atom. The molecule has 2 fully saturated rings. The summed E-state index contributed by atoms with van der Waals surface area (Å²) in [6, 6.07) is 5.99. The SMILES string of the molecule is NC(=O)c1ccc(CN2CC(N3CCNCC3)C2)c(Cl)c1. The molecule has 2 aliphatic rings. The fourth-order valence-corrected chi connectivity index (χ4v) is 3.26. The van der Waals surface area contributed by atoms with E-state index in [0.29, 0.717) is 16.6 Å². The van der Waals surface area contributed by atoms with E-state index in [-0.39, 0.29) is 0 Å². The van der Waals surface area contributed by atoms with E-state index >= 15 is 0 Å². The lowest BCUT2D eigenvalue weighted by atomic mass is 10.0. The molecule has 1 amide bonds. The van der Waals surface area contributed by atoms with E-state index in [2.05, 4.69) is 15.1 Å². The molecular formula is C15H21ClN4O.